The Bertz CT molecular complexity index is 685. The van der Waals surface area contributed by atoms with Gasteiger partial charge in [0.15, 0.2) is 0 Å². The Morgan fingerprint density at radius 1 is 0.929 bits per heavy atom. The van der Waals surface area contributed by atoms with Crippen LogP contribution in [0, 0.1) is 0 Å². The molecule has 2 fully saturated rings. The lowest BCUT2D eigenvalue weighted by Gasteiger charge is -2.40. The van der Waals surface area contributed by atoms with Gasteiger partial charge in [-0.25, -0.2) is 9.59 Å². The van der Waals surface area contributed by atoms with Gasteiger partial charge < -0.3 is 19.9 Å². The molecule has 1 aromatic carbocycles. The summed E-state index contributed by atoms with van der Waals surface area (Å²) in [5.74, 6) is -0.376. The highest BCUT2D eigenvalue weighted by molar-refractivity contribution is 5.97. The second-order valence-corrected chi connectivity index (χ2v) is 6.79. The van der Waals surface area contributed by atoms with Crippen molar-refractivity contribution in [1.29, 1.82) is 0 Å². The Morgan fingerprint density at radius 2 is 1.54 bits per heavy atom. The van der Waals surface area contributed by atoms with Gasteiger partial charge in [-0.15, -0.1) is 0 Å². The van der Waals surface area contributed by atoms with E-state index in [1.807, 2.05) is 45.0 Å². The van der Waals surface area contributed by atoms with Crippen molar-refractivity contribution in [2.24, 2.45) is 0 Å². The molecule has 1 unspecified atom stereocenters. The van der Waals surface area contributed by atoms with E-state index >= 15 is 0 Å². The molecule has 9 nitrogen and oxygen atoms in total. The van der Waals surface area contributed by atoms with Gasteiger partial charge in [-0.1, -0.05) is 30.3 Å². The number of urea groups is 2. The summed E-state index contributed by atoms with van der Waals surface area (Å²) in [7, 11) is 1.47. The largest absolute Gasteiger partial charge is 0.378 e. The highest BCUT2D eigenvalue weighted by atomic mass is 16.5. The first kappa shape index (κ1) is 20.1. The Morgan fingerprint density at radius 3 is 2.14 bits per heavy atom. The molecule has 1 aromatic rings. The predicted molar refractivity (Wildman–Crippen MR) is 103 cm³/mol. The molecule has 152 valence electrons. The molecule has 2 aliphatic heterocycles. The first-order valence-electron chi connectivity index (χ1n) is 9.53. The molecule has 0 spiro atoms. The summed E-state index contributed by atoms with van der Waals surface area (Å²) in [5, 5.41) is 4.78. The number of piperazine rings is 1. The van der Waals surface area contributed by atoms with Crippen LogP contribution in [-0.4, -0.2) is 92.2 Å². The molecule has 28 heavy (non-hydrogen) atoms. The lowest BCUT2D eigenvalue weighted by Crippen LogP contribution is -2.56. The fourth-order valence-corrected chi connectivity index (χ4v) is 3.53. The number of hydrogen-bond acceptors (Lipinski definition) is 5. The van der Waals surface area contributed by atoms with E-state index in [0.717, 1.165) is 5.56 Å². The number of rotatable bonds is 3. The van der Waals surface area contributed by atoms with Crippen molar-refractivity contribution in [3.05, 3.63) is 35.9 Å². The minimum Gasteiger partial charge on any atom is -0.378 e. The van der Waals surface area contributed by atoms with E-state index in [9.17, 15) is 14.4 Å². The summed E-state index contributed by atoms with van der Waals surface area (Å²) in [6.45, 7) is 4.54. The number of imide groups is 1. The van der Waals surface area contributed by atoms with E-state index in [1.165, 1.54) is 7.05 Å². The number of carbonyl (C=O) groups excluding carboxylic acids is 3. The zero-order valence-electron chi connectivity index (χ0n) is 16.1. The molecule has 2 aliphatic rings. The smallest absolute Gasteiger partial charge is 0.321 e. The van der Waals surface area contributed by atoms with Crippen LogP contribution >= 0.6 is 0 Å². The van der Waals surface area contributed by atoms with Gasteiger partial charge in [-0.2, -0.15) is 0 Å². The number of amides is 5. The molecular weight excluding hydrogens is 362 g/mol. The molecule has 9 heteroatoms. The summed E-state index contributed by atoms with van der Waals surface area (Å²) in [6, 6.07) is 8.27. The van der Waals surface area contributed by atoms with Gasteiger partial charge in [0, 0.05) is 46.3 Å². The average molecular weight is 389 g/mol. The van der Waals surface area contributed by atoms with Crippen LogP contribution in [0.25, 0.3) is 0 Å². The summed E-state index contributed by atoms with van der Waals surface area (Å²) in [4.78, 5) is 42.7. The topological polar surface area (TPSA) is 94.2 Å². The van der Waals surface area contributed by atoms with E-state index in [4.69, 9.17) is 4.74 Å². The van der Waals surface area contributed by atoms with Crippen molar-refractivity contribution in [1.82, 2.24) is 25.3 Å². The molecule has 0 aliphatic carbocycles. The Kier molecular flexibility index (Phi) is 6.83. The van der Waals surface area contributed by atoms with E-state index < -0.39 is 12.1 Å². The third-order valence-corrected chi connectivity index (χ3v) is 5.06. The maximum absolute atomic E-state index is 12.8. The molecule has 2 saturated heterocycles. The van der Waals surface area contributed by atoms with Gasteiger partial charge in [0.1, 0.15) is 6.04 Å². The second-order valence-electron chi connectivity index (χ2n) is 6.79. The molecule has 0 aromatic heterocycles. The molecule has 1 atom stereocenters. The van der Waals surface area contributed by atoms with Crippen molar-refractivity contribution in [2.75, 3.05) is 59.5 Å². The third-order valence-electron chi connectivity index (χ3n) is 5.06. The van der Waals surface area contributed by atoms with Gasteiger partial charge in [0.2, 0.25) is 5.91 Å². The first-order valence-corrected chi connectivity index (χ1v) is 9.53. The number of nitrogens with one attached hydrogen (secondary N) is 2. The minimum atomic E-state index is -0.584. The summed E-state index contributed by atoms with van der Waals surface area (Å²) < 4.78 is 5.30. The molecule has 2 N–H and O–H groups in total. The second kappa shape index (κ2) is 9.52. The molecule has 3 rings (SSSR count). The van der Waals surface area contributed by atoms with Crippen LogP contribution in [0.1, 0.15) is 11.6 Å². The molecular formula is C19H27N5O4. The number of benzene rings is 1. The third kappa shape index (κ3) is 4.79. The minimum absolute atomic E-state index is 0.0222. The van der Waals surface area contributed by atoms with Gasteiger partial charge in [0.25, 0.3) is 0 Å². The first-order chi connectivity index (χ1) is 13.6. The zero-order valence-corrected chi connectivity index (χ0v) is 16.1. The number of carbonyl (C=O) groups is 3. The lowest BCUT2D eigenvalue weighted by atomic mass is 10.0. The van der Waals surface area contributed by atoms with Crippen LogP contribution < -0.4 is 10.6 Å². The van der Waals surface area contributed by atoms with Crippen molar-refractivity contribution >= 4 is 18.0 Å². The van der Waals surface area contributed by atoms with Crippen LogP contribution in [0.4, 0.5) is 9.59 Å². The fourth-order valence-electron chi connectivity index (χ4n) is 3.53. The van der Waals surface area contributed by atoms with Crippen molar-refractivity contribution in [3.63, 3.8) is 0 Å². The van der Waals surface area contributed by atoms with Crippen LogP contribution in [0.3, 0.4) is 0 Å². The number of hydrogen-bond donors (Lipinski definition) is 2. The van der Waals surface area contributed by atoms with Gasteiger partial charge >= 0.3 is 12.1 Å². The molecule has 0 saturated carbocycles. The van der Waals surface area contributed by atoms with Crippen molar-refractivity contribution < 1.29 is 19.1 Å². The Balaban J connectivity index is 1.66. The van der Waals surface area contributed by atoms with E-state index in [2.05, 4.69) is 10.6 Å². The highest BCUT2D eigenvalue weighted by Crippen LogP contribution is 2.23. The number of morpholine rings is 1. The van der Waals surface area contributed by atoms with Gasteiger partial charge in [-0.3, -0.25) is 15.0 Å². The van der Waals surface area contributed by atoms with Crippen LogP contribution in [0.15, 0.2) is 30.3 Å². The van der Waals surface area contributed by atoms with E-state index in [0.29, 0.717) is 52.5 Å². The summed E-state index contributed by atoms with van der Waals surface area (Å²) in [6.07, 6.45) is 0. The SMILES string of the molecule is CNC(=O)NC(=O)C(c1ccccc1)N1CCN(C(=O)N2CCOCC2)CC1. The summed E-state index contributed by atoms with van der Waals surface area (Å²) in [5.41, 5.74) is 0.817. The van der Waals surface area contributed by atoms with Crippen LogP contribution in [0.5, 0.6) is 0 Å². The van der Waals surface area contributed by atoms with E-state index in [1.54, 1.807) is 0 Å². The van der Waals surface area contributed by atoms with Crippen molar-refractivity contribution in [2.45, 2.75) is 6.04 Å². The predicted octanol–water partition coefficient (Wildman–Crippen LogP) is 0.253. The maximum Gasteiger partial charge on any atom is 0.321 e. The maximum atomic E-state index is 12.8. The normalized spacial score (nSPS) is 19.0. The van der Waals surface area contributed by atoms with Gasteiger partial charge in [0.05, 0.1) is 13.2 Å². The van der Waals surface area contributed by atoms with Crippen LogP contribution in [0.2, 0.25) is 0 Å². The fraction of sp³-hybridized carbons (Fsp3) is 0.526. The molecule has 0 radical (unpaired) electrons. The lowest BCUT2D eigenvalue weighted by molar-refractivity contribution is -0.126. The summed E-state index contributed by atoms with van der Waals surface area (Å²) >= 11 is 0. The Labute approximate surface area is 164 Å². The number of nitrogens with zero attached hydrogens (tertiary/aromatic N) is 3. The zero-order chi connectivity index (χ0) is 19.9. The molecule has 2 heterocycles. The molecule has 0 bridgehead atoms. The van der Waals surface area contributed by atoms with Crippen LogP contribution in [-0.2, 0) is 9.53 Å². The number of ether oxygens (including phenoxy) is 1. The van der Waals surface area contributed by atoms with Gasteiger partial charge in [-0.05, 0) is 5.56 Å². The average Bonchev–Trinajstić information content (AvgIpc) is 2.75. The highest BCUT2D eigenvalue weighted by Gasteiger charge is 2.33. The van der Waals surface area contributed by atoms with Crippen molar-refractivity contribution in [3.8, 4) is 0 Å². The monoisotopic (exact) mass is 389 g/mol. The quantitative estimate of drug-likeness (QED) is 0.773. The Hall–Kier alpha value is -2.65. The van der Waals surface area contributed by atoms with E-state index in [-0.39, 0.29) is 11.9 Å². The standard InChI is InChI=1S/C19H27N5O4/c1-20-18(26)21-17(25)16(15-5-3-2-4-6-15)22-7-9-23(10-8-22)19(27)24-11-13-28-14-12-24/h2-6,16H,7-14H2,1H3,(H2,20,21,25,26). The molecule has 5 amide bonds.